The molecule has 1 fully saturated rings. The second-order valence-corrected chi connectivity index (χ2v) is 6.46. The number of nitrogens with two attached hydrogens (primary N) is 2. The zero-order valence-electron chi connectivity index (χ0n) is 14.2. The van der Waals surface area contributed by atoms with Gasteiger partial charge in [0.1, 0.15) is 35.1 Å². The number of benzene rings is 1. The van der Waals surface area contributed by atoms with Gasteiger partial charge in [-0.2, -0.15) is 10.5 Å². The average Bonchev–Trinajstić information content (AvgIpc) is 3.47. The predicted molar refractivity (Wildman–Crippen MR) is 99.5 cm³/mol. The molecule has 1 aromatic carbocycles. The Morgan fingerprint density at radius 2 is 1.96 bits per heavy atom. The molecule has 2 heterocycles. The molecule has 7 N–H and O–H groups in total. The summed E-state index contributed by atoms with van der Waals surface area (Å²) in [6, 6.07) is 6.71. The fourth-order valence-corrected chi connectivity index (χ4v) is 3.33. The quantitative estimate of drug-likeness (QED) is 0.397. The molecular weight excluding hydrogens is 344 g/mol. The molecule has 1 aromatic heterocycles. The Hall–Kier alpha value is -3.98. The summed E-state index contributed by atoms with van der Waals surface area (Å²) in [7, 11) is 0. The molecule has 2 aliphatic rings. The van der Waals surface area contributed by atoms with Crippen LogP contribution in [0.25, 0.3) is 0 Å². The zero-order valence-corrected chi connectivity index (χ0v) is 14.2. The van der Waals surface area contributed by atoms with E-state index in [1.54, 1.807) is 12.3 Å². The number of guanidine groups is 1. The van der Waals surface area contributed by atoms with E-state index in [2.05, 4.69) is 20.6 Å². The highest BCUT2D eigenvalue weighted by Gasteiger charge is 2.33. The molecule has 9 heteroatoms. The molecule has 1 unspecified atom stereocenters. The number of aromatic hydroxyl groups is 1. The molecule has 9 nitrogen and oxygen atoms in total. The van der Waals surface area contributed by atoms with Crippen molar-refractivity contribution in [2.45, 2.75) is 24.8 Å². The smallest absolute Gasteiger partial charge is 0.211 e. The number of phenolic OH excluding ortho intramolecular Hbond substituents is 1. The van der Waals surface area contributed by atoms with Crippen LogP contribution >= 0.6 is 0 Å². The van der Waals surface area contributed by atoms with Crippen molar-refractivity contribution in [1.29, 1.82) is 10.5 Å². The number of aromatic nitrogens is 1. The third-order valence-electron chi connectivity index (χ3n) is 4.77. The molecule has 0 radical (unpaired) electrons. The molecule has 0 bridgehead atoms. The third kappa shape index (κ3) is 2.62. The maximum atomic E-state index is 10.8. The molecular formula is C18H16N8O. The van der Waals surface area contributed by atoms with E-state index in [0.29, 0.717) is 17.0 Å². The number of hydrogen-bond acceptors (Lipinski definition) is 9. The molecule has 27 heavy (non-hydrogen) atoms. The summed E-state index contributed by atoms with van der Waals surface area (Å²) in [6.07, 6.45) is 3.86. The number of pyridine rings is 1. The van der Waals surface area contributed by atoms with Gasteiger partial charge in [-0.05, 0) is 24.3 Å². The van der Waals surface area contributed by atoms with Crippen LogP contribution in [0.3, 0.4) is 0 Å². The van der Waals surface area contributed by atoms with Crippen molar-refractivity contribution in [3.8, 4) is 18.0 Å². The number of nitriles is 2. The Morgan fingerprint density at radius 1 is 1.22 bits per heavy atom. The van der Waals surface area contributed by atoms with Gasteiger partial charge < -0.3 is 21.9 Å². The van der Waals surface area contributed by atoms with Gasteiger partial charge in [-0.25, -0.2) is 9.98 Å². The lowest BCUT2D eigenvalue weighted by Gasteiger charge is -2.27. The van der Waals surface area contributed by atoms with Crippen LogP contribution in [-0.4, -0.2) is 16.1 Å². The molecule has 4 rings (SSSR count). The summed E-state index contributed by atoms with van der Waals surface area (Å²) in [6.45, 7) is 0. The maximum Gasteiger partial charge on any atom is 0.211 e. The number of nitrogens with one attached hydrogen (secondary N) is 2. The highest BCUT2D eigenvalue weighted by atomic mass is 16.3. The van der Waals surface area contributed by atoms with Gasteiger partial charge in [-0.3, -0.25) is 5.32 Å². The first kappa shape index (κ1) is 16.5. The SMILES string of the molecule is N#CNC1=NC(c2cccc(C3CC3)c2O)c2c(nc(N)c(C#N)c2N)N1. The lowest BCUT2D eigenvalue weighted by Crippen LogP contribution is -2.32. The van der Waals surface area contributed by atoms with E-state index < -0.39 is 6.04 Å². The second kappa shape index (κ2) is 6.07. The summed E-state index contributed by atoms with van der Waals surface area (Å²) in [4.78, 5) is 8.68. The van der Waals surface area contributed by atoms with Crippen LogP contribution in [0.4, 0.5) is 17.3 Å². The van der Waals surface area contributed by atoms with E-state index in [1.807, 2.05) is 18.2 Å². The molecule has 1 aliphatic carbocycles. The van der Waals surface area contributed by atoms with Crippen LogP contribution in [0.15, 0.2) is 23.2 Å². The van der Waals surface area contributed by atoms with Crippen molar-refractivity contribution >= 4 is 23.3 Å². The third-order valence-corrected chi connectivity index (χ3v) is 4.77. The summed E-state index contributed by atoms with van der Waals surface area (Å²) in [5, 5.41) is 34.4. The first-order chi connectivity index (χ1) is 13.0. The Labute approximate surface area is 155 Å². The highest BCUT2D eigenvalue weighted by Crippen LogP contribution is 2.49. The maximum absolute atomic E-state index is 10.8. The van der Waals surface area contributed by atoms with E-state index in [4.69, 9.17) is 16.7 Å². The molecule has 134 valence electrons. The van der Waals surface area contributed by atoms with Crippen molar-refractivity contribution in [3.05, 3.63) is 40.5 Å². The molecule has 0 saturated heterocycles. The van der Waals surface area contributed by atoms with Gasteiger partial charge in [0.05, 0.1) is 5.69 Å². The van der Waals surface area contributed by atoms with Gasteiger partial charge in [0.25, 0.3) is 0 Å². The van der Waals surface area contributed by atoms with E-state index in [9.17, 15) is 10.4 Å². The van der Waals surface area contributed by atoms with Crippen LogP contribution in [0.5, 0.6) is 5.75 Å². The number of nitrogen functional groups attached to an aromatic ring is 2. The molecule has 1 atom stereocenters. The number of nitrogens with zero attached hydrogens (tertiary/aromatic N) is 4. The minimum atomic E-state index is -0.740. The monoisotopic (exact) mass is 360 g/mol. The van der Waals surface area contributed by atoms with Gasteiger partial charge >= 0.3 is 0 Å². The fourth-order valence-electron chi connectivity index (χ4n) is 3.33. The first-order valence-electron chi connectivity index (χ1n) is 8.35. The largest absolute Gasteiger partial charge is 0.507 e. The number of hydrogen-bond donors (Lipinski definition) is 5. The lowest BCUT2D eigenvalue weighted by atomic mass is 9.92. The van der Waals surface area contributed by atoms with Crippen LogP contribution in [0.1, 0.15) is 47.1 Å². The normalized spacial score (nSPS) is 17.7. The average molecular weight is 360 g/mol. The van der Waals surface area contributed by atoms with Gasteiger partial charge in [0.15, 0.2) is 6.19 Å². The summed E-state index contributed by atoms with van der Waals surface area (Å²) >= 11 is 0. The van der Waals surface area contributed by atoms with Gasteiger partial charge in [-0.15, -0.1) is 0 Å². The highest BCUT2D eigenvalue weighted by molar-refractivity contribution is 5.98. The van der Waals surface area contributed by atoms with E-state index in [1.165, 1.54) is 0 Å². The van der Waals surface area contributed by atoms with E-state index in [-0.39, 0.29) is 34.6 Å². The van der Waals surface area contributed by atoms with Crippen LogP contribution in [0, 0.1) is 22.8 Å². The zero-order chi connectivity index (χ0) is 19.1. The summed E-state index contributed by atoms with van der Waals surface area (Å²) in [5.74, 6) is 0.908. The van der Waals surface area contributed by atoms with Crippen molar-refractivity contribution in [2.24, 2.45) is 4.99 Å². The Morgan fingerprint density at radius 3 is 2.63 bits per heavy atom. The van der Waals surface area contributed by atoms with Gasteiger partial charge in [0, 0.05) is 11.1 Å². The predicted octanol–water partition coefficient (Wildman–Crippen LogP) is 1.64. The van der Waals surface area contributed by atoms with Gasteiger partial charge in [-0.1, -0.05) is 18.2 Å². The Bertz CT molecular complexity index is 1060. The molecule has 2 aromatic rings. The standard InChI is InChI=1S/C18H16N8O/c19-6-11-13(21)12-14(10-3-1-2-9(15(10)27)8-4-5-8)24-18(23-7-20)26-17(12)25-16(11)22/h1-3,8,14,27H,4-5H2,(H6,21,22,23,24,25,26). The number of phenols is 1. The molecule has 0 amide bonds. The summed E-state index contributed by atoms with van der Waals surface area (Å²) < 4.78 is 0. The van der Waals surface area contributed by atoms with E-state index >= 15 is 0 Å². The fraction of sp³-hybridized carbons (Fsp3) is 0.222. The minimum Gasteiger partial charge on any atom is -0.507 e. The van der Waals surface area contributed by atoms with Crippen LogP contribution in [-0.2, 0) is 0 Å². The first-order valence-corrected chi connectivity index (χ1v) is 8.35. The van der Waals surface area contributed by atoms with Gasteiger partial charge in [0.2, 0.25) is 5.96 Å². The number of anilines is 3. The molecule has 1 aliphatic heterocycles. The number of para-hydroxylation sites is 1. The minimum absolute atomic E-state index is 0.0193. The topological polar surface area (TPSA) is 169 Å². The van der Waals surface area contributed by atoms with Crippen molar-refractivity contribution < 1.29 is 5.11 Å². The number of fused-ring (bicyclic) bond motifs is 1. The Kier molecular flexibility index (Phi) is 3.71. The number of aliphatic imine (C=N–C) groups is 1. The summed E-state index contributed by atoms with van der Waals surface area (Å²) in [5.41, 5.74) is 14.1. The number of rotatable bonds is 2. The van der Waals surface area contributed by atoms with Crippen molar-refractivity contribution in [3.63, 3.8) is 0 Å². The Balaban J connectivity index is 1.94. The molecule has 0 spiro atoms. The van der Waals surface area contributed by atoms with Crippen LogP contribution in [0.2, 0.25) is 0 Å². The second-order valence-electron chi connectivity index (χ2n) is 6.46. The van der Waals surface area contributed by atoms with Crippen molar-refractivity contribution in [1.82, 2.24) is 10.3 Å². The van der Waals surface area contributed by atoms with E-state index in [0.717, 1.165) is 18.4 Å². The van der Waals surface area contributed by atoms with Crippen molar-refractivity contribution in [2.75, 3.05) is 16.8 Å². The molecule has 1 saturated carbocycles. The lowest BCUT2D eigenvalue weighted by molar-refractivity contribution is 0.458. The van der Waals surface area contributed by atoms with Crippen LogP contribution < -0.4 is 22.1 Å².